The molecule has 0 heterocycles. The van der Waals surface area contributed by atoms with E-state index in [-0.39, 0.29) is 10.7 Å². The zero-order chi connectivity index (χ0) is 9.84. The molecule has 0 saturated carbocycles. The number of amides is 1. The molecule has 1 rings (SSSR count). The number of alkyl halides is 1. The fourth-order valence-corrected chi connectivity index (χ4v) is 1.47. The van der Waals surface area contributed by atoms with E-state index in [1.165, 1.54) is 0 Å². The summed E-state index contributed by atoms with van der Waals surface area (Å²) >= 11 is 5.41. The second-order valence-electron chi connectivity index (χ2n) is 2.62. The zero-order valence-corrected chi connectivity index (χ0v) is 10.8. The standard InChI is InChI=1S/C9H9BrINO/c1-6(10)9(13)12-8-4-2-3-7(11)5-8/h2-6H,1H3,(H,12,13). The van der Waals surface area contributed by atoms with Crippen molar-refractivity contribution in [2.45, 2.75) is 11.8 Å². The molecule has 0 radical (unpaired) electrons. The fourth-order valence-electron chi connectivity index (χ4n) is 0.808. The minimum atomic E-state index is -0.162. The molecule has 1 atom stereocenters. The maximum Gasteiger partial charge on any atom is 0.237 e. The van der Waals surface area contributed by atoms with Gasteiger partial charge < -0.3 is 5.32 Å². The summed E-state index contributed by atoms with van der Waals surface area (Å²) in [6.07, 6.45) is 0. The summed E-state index contributed by atoms with van der Waals surface area (Å²) in [5, 5.41) is 2.79. The smallest absolute Gasteiger partial charge is 0.237 e. The van der Waals surface area contributed by atoms with Crippen LogP contribution in [-0.4, -0.2) is 10.7 Å². The first-order valence-corrected chi connectivity index (χ1v) is 5.79. The summed E-state index contributed by atoms with van der Waals surface area (Å²) in [6.45, 7) is 1.79. The average Bonchev–Trinajstić information content (AvgIpc) is 2.04. The van der Waals surface area contributed by atoms with Gasteiger partial charge in [0.25, 0.3) is 0 Å². The number of hydrogen-bond acceptors (Lipinski definition) is 1. The second kappa shape index (κ2) is 4.95. The van der Waals surface area contributed by atoms with Crippen LogP contribution in [0.3, 0.4) is 0 Å². The van der Waals surface area contributed by atoms with E-state index < -0.39 is 0 Å². The number of carbonyl (C=O) groups is 1. The monoisotopic (exact) mass is 353 g/mol. The highest BCUT2D eigenvalue weighted by atomic mass is 127. The van der Waals surface area contributed by atoms with Gasteiger partial charge in [0.1, 0.15) is 0 Å². The van der Waals surface area contributed by atoms with Crippen molar-refractivity contribution in [1.82, 2.24) is 0 Å². The summed E-state index contributed by atoms with van der Waals surface area (Å²) in [6, 6.07) is 7.69. The summed E-state index contributed by atoms with van der Waals surface area (Å²) in [4.78, 5) is 11.1. The zero-order valence-electron chi connectivity index (χ0n) is 7.05. The summed E-state index contributed by atoms with van der Waals surface area (Å²) in [5.74, 6) is -0.0259. The molecule has 1 unspecified atom stereocenters. The molecule has 0 aliphatic rings. The Kier molecular flexibility index (Phi) is 4.18. The first-order valence-electron chi connectivity index (χ1n) is 3.80. The van der Waals surface area contributed by atoms with E-state index in [4.69, 9.17) is 0 Å². The third-order valence-corrected chi connectivity index (χ3v) is 2.54. The van der Waals surface area contributed by atoms with E-state index in [0.717, 1.165) is 9.26 Å². The highest BCUT2D eigenvalue weighted by Crippen LogP contribution is 2.13. The molecule has 0 fully saturated rings. The summed E-state index contributed by atoms with van der Waals surface area (Å²) < 4.78 is 1.11. The van der Waals surface area contributed by atoms with Crippen molar-refractivity contribution in [3.05, 3.63) is 27.8 Å². The van der Waals surface area contributed by atoms with Gasteiger partial charge >= 0.3 is 0 Å². The van der Waals surface area contributed by atoms with Gasteiger partial charge in [-0.05, 0) is 47.7 Å². The van der Waals surface area contributed by atoms with E-state index in [2.05, 4.69) is 43.8 Å². The van der Waals surface area contributed by atoms with Crippen LogP contribution in [0.1, 0.15) is 6.92 Å². The Morgan fingerprint density at radius 1 is 1.62 bits per heavy atom. The highest BCUT2D eigenvalue weighted by Gasteiger charge is 2.07. The van der Waals surface area contributed by atoms with Crippen LogP contribution < -0.4 is 5.32 Å². The van der Waals surface area contributed by atoms with Crippen LogP contribution >= 0.6 is 38.5 Å². The molecule has 2 nitrogen and oxygen atoms in total. The number of carbonyl (C=O) groups excluding carboxylic acids is 1. The highest BCUT2D eigenvalue weighted by molar-refractivity contribution is 14.1. The normalized spacial score (nSPS) is 12.2. The van der Waals surface area contributed by atoms with Gasteiger partial charge in [0.2, 0.25) is 5.91 Å². The van der Waals surface area contributed by atoms with Crippen LogP contribution in [0, 0.1) is 3.57 Å². The molecule has 0 aromatic heterocycles. The minimum Gasteiger partial charge on any atom is -0.325 e. The van der Waals surface area contributed by atoms with E-state index >= 15 is 0 Å². The molecule has 1 aromatic rings. The molecule has 1 N–H and O–H groups in total. The Morgan fingerprint density at radius 2 is 2.31 bits per heavy atom. The van der Waals surface area contributed by atoms with Crippen molar-refractivity contribution < 1.29 is 4.79 Å². The van der Waals surface area contributed by atoms with Crippen LogP contribution in [0.4, 0.5) is 5.69 Å². The van der Waals surface area contributed by atoms with Crippen LogP contribution in [0.2, 0.25) is 0 Å². The number of halogens is 2. The number of hydrogen-bond donors (Lipinski definition) is 1. The van der Waals surface area contributed by atoms with Crippen LogP contribution in [-0.2, 0) is 4.79 Å². The Bertz CT molecular complexity index is 314. The van der Waals surface area contributed by atoms with Crippen LogP contribution in [0.15, 0.2) is 24.3 Å². The first-order chi connectivity index (χ1) is 6.09. The van der Waals surface area contributed by atoms with Gasteiger partial charge in [-0.2, -0.15) is 0 Å². The van der Waals surface area contributed by atoms with E-state index in [1.807, 2.05) is 24.3 Å². The fraction of sp³-hybridized carbons (Fsp3) is 0.222. The van der Waals surface area contributed by atoms with Crippen molar-refractivity contribution in [2.24, 2.45) is 0 Å². The molecule has 0 saturated heterocycles. The van der Waals surface area contributed by atoms with Crippen molar-refractivity contribution in [3.63, 3.8) is 0 Å². The lowest BCUT2D eigenvalue weighted by atomic mass is 10.3. The van der Waals surface area contributed by atoms with Gasteiger partial charge in [0.15, 0.2) is 0 Å². The quantitative estimate of drug-likeness (QED) is 0.642. The Labute approximate surface area is 99.4 Å². The lowest BCUT2D eigenvalue weighted by molar-refractivity contribution is -0.115. The molecule has 0 bridgehead atoms. The number of rotatable bonds is 2. The average molecular weight is 354 g/mol. The van der Waals surface area contributed by atoms with Gasteiger partial charge in [-0.3, -0.25) is 4.79 Å². The maximum atomic E-state index is 11.3. The lowest BCUT2D eigenvalue weighted by Crippen LogP contribution is -2.19. The Morgan fingerprint density at radius 3 is 2.85 bits per heavy atom. The third-order valence-electron chi connectivity index (χ3n) is 1.45. The van der Waals surface area contributed by atoms with Crippen molar-refractivity contribution in [2.75, 3.05) is 5.32 Å². The van der Waals surface area contributed by atoms with Crippen molar-refractivity contribution in [1.29, 1.82) is 0 Å². The molecular formula is C9H9BrINO. The van der Waals surface area contributed by atoms with Crippen molar-refractivity contribution >= 4 is 50.1 Å². The maximum absolute atomic E-state index is 11.3. The van der Waals surface area contributed by atoms with Gasteiger partial charge in [-0.25, -0.2) is 0 Å². The second-order valence-corrected chi connectivity index (χ2v) is 5.23. The minimum absolute atomic E-state index is 0.0259. The van der Waals surface area contributed by atoms with E-state index in [9.17, 15) is 4.79 Å². The van der Waals surface area contributed by atoms with Gasteiger partial charge in [-0.1, -0.05) is 22.0 Å². The van der Waals surface area contributed by atoms with Crippen molar-refractivity contribution in [3.8, 4) is 0 Å². The molecule has 0 aliphatic heterocycles. The topological polar surface area (TPSA) is 29.1 Å². The van der Waals surface area contributed by atoms with Crippen LogP contribution in [0.5, 0.6) is 0 Å². The van der Waals surface area contributed by atoms with E-state index in [1.54, 1.807) is 6.92 Å². The van der Waals surface area contributed by atoms with Gasteiger partial charge in [0.05, 0.1) is 4.83 Å². The number of nitrogens with one attached hydrogen (secondary N) is 1. The number of anilines is 1. The largest absolute Gasteiger partial charge is 0.325 e. The predicted molar refractivity (Wildman–Crippen MR) is 66.2 cm³/mol. The SMILES string of the molecule is CC(Br)C(=O)Nc1cccc(I)c1. The summed E-state index contributed by atoms with van der Waals surface area (Å²) in [7, 11) is 0. The van der Waals surface area contributed by atoms with Gasteiger partial charge in [0, 0.05) is 9.26 Å². The molecule has 70 valence electrons. The third kappa shape index (κ3) is 3.64. The Hall–Kier alpha value is -0.100. The molecule has 1 amide bonds. The summed E-state index contributed by atoms with van der Waals surface area (Å²) in [5.41, 5.74) is 0.836. The van der Waals surface area contributed by atoms with Gasteiger partial charge in [-0.15, -0.1) is 0 Å². The van der Waals surface area contributed by atoms with E-state index in [0.29, 0.717) is 0 Å². The Balaban J connectivity index is 2.69. The molecule has 0 aliphatic carbocycles. The van der Waals surface area contributed by atoms with Crippen LogP contribution in [0.25, 0.3) is 0 Å². The molecule has 0 spiro atoms. The molecule has 1 aromatic carbocycles. The first kappa shape index (κ1) is 11.0. The predicted octanol–water partition coefficient (Wildman–Crippen LogP) is 3.01. The molecule has 4 heteroatoms. The molecule has 13 heavy (non-hydrogen) atoms. The lowest BCUT2D eigenvalue weighted by Gasteiger charge is -2.06. The number of benzene rings is 1. The molecular weight excluding hydrogens is 345 g/mol.